The number of hydrogen-bond acceptors (Lipinski definition) is 2. The van der Waals surface area contributed by atoms with Crippen molar-refractivity contribution in [3.05, 3.63) is 35.4 Å². The van der Waals surface area contributed by atoms with Crippen LogP contribution in [-0.2, 0) is 17.6 Å². The molecule has 3 nitrogen and oxygen atoms in total. The maximum absolute atomic E-state index is 11.9. The van der Waals surface area contributed by atoms with E-state index in [1.165, 1.54) is 11.1 Å². The maximum Gasteiger partial charge on any atom is 0.237 e. The van der Waals surface area contributed by atoms with Crippen molar-refractivity contribution in [1.29, 1.82) is 0 Å². The van der Waals surface area contributed by atoms with E-state index in [9.17, 15) is 4.79 Å². The predicted octanol–water partition coefficient (Wildman–Crippen LogP) is 1.25. The second-order valence-electron chi connectivity index (χ2n) is 5.15. The standard InChI is InChI=1S/C14H20N2O/c1-9(2)13(15)14(17)16-12-7-10-5-3-4-6-11(10)8-12/h3-6,9,12-13H,7-8,15H2,1-2H3,(H,16,17)/t13-/m0/s1. The smallest absolute Gasteiger partial charge is 0.237 e. The quantitative estimate of drug-likeness (QED) is 0.824. The molecule has 92 valence electrons. The lowest BCUT2D eigenvalue weighted by Crippen LogP contribution is -2.48. The van der Waals surface area contributed by atoms with Gasteiger partial charge in [0.05, 0.1) is 6.04 Å². The molecule has 0 bridgehead atoms. The van der Waals surface area contributed by atoms with E-state index in [1.54, 1.807) is 0 Å². The van der Waals surface area contributed by atoms with Crippen molar-refractivity contribution in [1.82, 2.24) is 5.32 Å². The summed E-state index contributed by atoms with van der Waals surface area (Å²) in [4.78, 5) is 11.9. The summed E-state index contributed by atoms with van der Waals surface area (Å²) in [5, 5.41) is 3.04. The molecule has 3 heteroatoms. The van der Waals surface area contributed by atoms with Crippen molar-refractivity contribution in [3.63, 3.8) is 0 Å². The average molecular weight is 232 g/mol. The first-order chi connectivity index (χ1) is 8.08. The van der Waals surface area contributed by atoms with Crippen LogP contribution >= 0.6 is 0 Å². The summed E-state index contributed by atoms with van der Waals surface area (Å²) in [5.41, 5.74) is 8.52. The van der Waals surface area contributed by atoms with Gasteiger partial charge in [0.25, 0.3) is 0 Å². The molecule has 1 aliphatic rings. The van der Waals surface area contributed by atoms with Crippen LogP contribution in [0.15, 0.2) is 24.3 Å². The monoisotopic (exact) mass is 232 g/mol. The molecule has 0 saturated heterocycles. The fourth-order valence-corrected chi connectivity index (χ4v) is 2.26. The molecule has 0 spiro atoms. The summed E-state index contributed by atoms with van der Waals surface area (Å²) in [6.45, 7) is 3.93. The van der Waals surface area contributed by atoms with Gasteiger partial charge in [0.1, 0.15) is 0 Å². The minimum Gasteiger partial charge on any atom is -0.351 e. The van der Waals surface area contributed by atoms with Gasteiger partial charge in [-0.3, -0.25) is 4.79 Å². The van der Waals surface area contributed by atoms with E-state index in [1.807, 2.05) is 26.0 Å². The van der Waals surface area contributed by atoms with Gasteiger partial charge >= 0.3 is 0 Å². The molecule has 0 heterocycles. The molecule has 0 aromatic heterocycles. The predicted molar refractivity (Wildman–Crippen MR) is 68.6 cm³/mol. The van der Waals surface area contributed by atoms with Crippen LogP contribution in [0.1, 0.15) is 25.0 Å². The molecule has 1 atom stereocenters. The molecular formula is C14H20N2O. The Kier molecular flexibility index (Phi) is 3.48. The van der Waals surface area contributed by atoms with Crippen LogP contribution < -0.4 is 11.1 Å². The number of fused-ring (bicyclic) bond motifs is 1. The summed E-state index contributed by atoms with van der Waals surface area (Å²) in [6, 6.07) is 8.16. The van der Waals surface area contributed by atoms with Crippen molar-refractivity contribution in [2.24, 2.45) is 11.7 Å². The summed E-state index contributed by atoms with van der Waals surface area (Å²) in [7, 11) is 0. The molecule has 3 N–H and O–H groups in total. The molecule has 1 aromatic carbocycles. The first-order valence-electron chi connectivity index (χ1n) is 6.20. The van der Waals surface area contributed by atoms with Gasteiger partial charge < -0.3 is 11.1 Å². The Bertz CT molecular complexity index is 389. The Morgan fingerprint density at radius 2 is 1.82 bits per heavy atom. The van der Waals surface area contributed by atoms with E-state index >= 15 is 0 Å². The van der Waals surface area contributed by atoms with Crippen LogP contribution in [-0.4, -0.2) is 18.0 Å². The normalized spacial score (nSPS) is 16.9. The minimum absolute atomic E-state index is 0.0298. The highest BCUT2D eigenvalue weighted by molar-refractivity contribution is 5.82. The zero-order chi connectivity index (χ0) is 12.4. The topological polar surface area (TPSA) is 55.1 Å². The zero-order valence-electron chi connectivity index (χ0n) is 10.4. The van der Waals surface area contributed by atoms with E-state index < -0.39 is 6.04 Å². The van der Waals surface area contributed by atoms with Gasteiger partial charge in [-0.1, -0.05) is 38.1 Å². The van der Waals surface area contributed by atoms with Gasteiger partial charge in [0, 0.05) is 6.04 Å². The Labute approximate surface area is 102 Å². The molecule has 0 fully saturated rings. The summed E-state index contributed by atoms with van der Waals surface area (Å²) in [6.07, 6.45) is 1.85. The maximum atomic E-state index is 11.9. The molecule has 1 aromatic rings. The van der Waals surface area contributed by atoms with Crippen LogP contribution in [0, 0.1) is 5.92 Å². The molecule has 0 radical (unpaired) electrons. The Hall–Kier alpha value is -1.35. The second kappa shape index (κ2) is 4.88. The number of benzene rings is 1. The van der Waals surface area contributed by atoms with Gasteiger partial charge in [-0.2, -0.15) is 0 Å². The summed E-state index contributed by atoms with van der Waals surface area (Å²) >= 11 is 0. The van der Waals surface area contributed by atoms with Crippen molar-refractivity contribution < 1.29 is 4.79 Å². The van der Waals surface area contributed by atoms with E-state index in [0.717, 1.165) is 12.8 Å². The number of nitrogens with two attached hydrogens (primary N) is 1. The SMILES string of the molecule is CC(C)[C@H](N)C(=O)NC1Cc2ccccc2C1. The van der Waals surface area contributed by atoms with E-state index in [2.05, 4.69) is 17.4 Å². The van der Waals surface area contributed by atoms with Gasteiger partial charge in [-0.15, -0.1) is 0 Å². The van der Waals surface area contributed by atoms with E-state index in [4.69, 9.17) is 5.73 Å². The van der Waals surface area contributed by atoms with Crippen LogP contribution in [0.4, 0.5) is 0 Å². The molecule has 17 heavy (non-hydrogen) atoms. The number of amides is 1. The Balaban J connectivity index is 1.94. The lowest BCUT2D eigenvalue weighted by Gasteiger charge is -2.18. The molecule has 1 amide bonds. The number of rotatable bonds is 3. The van der Waals surface area contributed by atoms with Crippen molar-refractivity contribution in [2.45, 2.75) is 38.8 Å². The Morgan fingerprint density at radius 3 is 2.29 bits per heavy atom. The van der Waals surface area contributed by atoms with Crippen LogP contribution in [0.5, 0.6) is 0 Å². The fraction of sp³-hybridized carbons (Fsp3) is 0.500. The lowest BCUT2D eigenvalue weighted by atomic mass is 10.0. The number of carbonyl (C=O) groups excluding carboxylic acids is 1. The minimum atomic E-state index is -0.404. The average Bonchev–Trinajstić information content (AvgIpc) is 2.69. The third kappa shape index (κ3) is 2.67. The highest BCUT2D eigenvalue weighted by atomic mass is 16.2. The van der Waals surface area contributed by atoms with Crippen LogP contribution in [0.2, 0.25) is 0 Å². The highest BCUT2D eigenvalue weighted by Crippen LogP contribution is 2.21. The van der Waals surface area contributed by atoms with Crippen molar-refractivity contribution in [3.8, 4) is 0 Å². The summed E-state index contributed by atoms with van der Waals surface area (Å²) in [5.74, 6) is 0.150. The van der Waals surface area contributed by atoms with Gasteiger partial charge in [0.2, 0.25) is 5.91 Å². The van der Waals surface area contributed by atoms with Crippen LogP contribution in [0.3, 0.4) is 0 Å². The van der Waals surface area contributed by atoms with E-state index in [-0.39, 0.29) is 17.9 Å². The number of nitrogens with one attached hydrogen (secondary N) is 1. The van der Waals surface area contributed by atoms with Gasteiger partial charge in [0.15, 0.2) is 0 Å². The third-order valence-corrected chi connectivity index (χ3v) is 3.42. The molecule has 0 aliphatic heterocycles. The van der Waals surface area contributed by atoms with E-state index in [0.29, 0.717) is 0 Å². The molecule has 2 rings (SSSR count). The highest BCUT2D eigenvalue weighted by Gasteiger charge is 2.25. The first-order valence-corrected chi connectivity index (χ1v) is 6.20. The Morgan fingerprint density at radius 1 is 1.29 bits per heavy atom. The van der Waals surface area contributed by atoms with Crippen molar-refractivity contribution in [2.75, 3.05) is 0 Å². The van der Waals surface area contributed by atoms with Crippen molar-refractivity contribution >= 4 is 5.91 Å². The molecule has 0 saturated carbocycles. The van der Waals surface area contributed by atoms with Crippen LogP contribution in [0.25, 0.3) is 0 Å². The fourth-order valence-electron chi connectivity index (χ4n) is 2.26. The molecular weight excluding hydrogens is 212 g/mol. The number of hydrogen-bond donors (Lipinski definition) is 2. The van der Waals surface area contributed by atoms with Gasteiger partial charge in [-0.25, -0.2) is 0 Å². The largest absolute Gasteiger partial charge is 0.351 e. The molecule has 1 aliphatic carbocycles. The summed E-state index contributed by atoms with van der Waals surface area (Å²) < 4.78 is 0. The number of carbonyl (C=O) groups is 1. The zero-order valence-corrected chi connectivity index (χ0v) is 10.4. The molecule has 0 unspecified atom stereocenters. The van der Waals surface area contributed by atoms with Gasteiger partial charge in [-0.05, 0) is 29.9 Å². The second-order valence-corrected chi connectivity index (χ2v) is 5.15. The third-order valence-electron chi connectivity index (χ3n) is 3.42. The first kappa shape index (κ1) is 12.1. The lowest BCUT2D eigenvalue weighted by molar-refractivity contribution is -0.123.